The van der Waals surface area contributed by atoms with Gasteiger partial charge in [-0.15, -0.1) is 0 Å². The average Bonchev–Trinajstić information content (AvgIpc) is 2.62. The Morgan fingerprint density at radius 3 is 2.70 bits per heavy atom. The first-order chi connectivity index (χ1) is 10.9. The largest absolute Gasteiger partial charge is 0.373 e. The molecule has 1 unspecified atom stereocenters. The van der Waals surface area contributed by atoms with Crippen molar-refractivity contribution in [3.63, 3.8) is 0 Å². The minimum absolute atomic E-state index is 0.0207. The number of aryl methyl sites for hydroxylation is 2. The Balaban J connectivity index is 1.94. The predicted molar refractivity (Wildman–Crippen MR) is 99.1 cm³/mol. The summed E-state index contributed by atoms with van der Waals surface area (Å²) in [4.78, 5) is 16.8. The van der Waals surface area contributed by atoms with Gasteiger partial charge in [0.2, 0.25) is 5.78 Å². The van der Waals surface area contributed by atoms with Crippen LogP contribution in [0.3, 0.4) is 0 Å². The fourth-order valence-electron chi connectivity index (χ4n) is 2.59. The summed E-state index contributed by atoms with van der Waals surface area (Å²) < 4.78 is 0.925. The summed E-state index contributed by atoms with van der Waals surface area (Å²) in [6, 6.07) is 11.4. The normalized spacial score (nSPS) is 17.1. The highest BCUT2D eigenvalue weighted by molar-refractivity contribution is 9.10. The first kappa shape index (κ1) is 16.2. The monoisotopic (exact) mass is 390 g/mol. The van der Waals surface area contributed by atoms with Crippen molar-refractivity contribution in [2.24, 2.45) is 4.99 Å². The molecule has 0 bridgehead atoms. The summed E-state index contributed by atoms with van der Waals surface area (Å²) >= 11 is 9.55. The summed E-state index contributed by atoms with van der Waals surface area (Å²) in [5, 5.41) is 3.31. The van der Waals surface area contributed by atoms with Gasteiger partial charge >= 0.3 is 0 Å². The maximum Gasteiger partial charge on any atom is 0.215 e. The Bertz CT molecular complexity index is 817. The number of benzene rings is 2. The second-order valence-electron chi connectivity index (χ2n) is 5.75. The van der Waals surface area contributed by atoms with Crippen molar-refractivity contribution in [1.29, 1.82) is 0 Å². The lowest BCUT2D eigenvalue weighted by molar-refractivity contribution is -0.113. The molecule has 0 saturated heterocycles. The number of ketones is 1. The van der Waals surface area contributed by atoms with Crippen molar-refractivity contribution in [1.82, 2.24) is 0 Å². The van der Waals surface area contributed by atoms with Crippen molar-refractivity contribution < 1.29 is 4.79 Å². The highest BCUT2D eigenvalue weighted by Crippen LogP contribution is 2.32. The molecule has 0 aliphatic carbocycles. The third kappa shape index (κ3) is 3.48. The number of nitrogens with one attached hydrogen (secondary N) is 1. The molecule has 1 heterocycles. The number of carbonyl (C=O) groups excluding carboxylic acids is 1. The van der Waals surface area contributed by atoms with Crippen molar-refractivity contribution in [3.8, 4) is 0 Å². The minimum Gasteiger partial charge on any atom is -0.373 e. The lowest BCUT2D eigenvalue weighted by atomic mass is 9.99. The molecule has 0 spiro atoms. The van der Waals surface area contributed by atoms with Gasteiger partial charge in [0, 0.05) is 10.9 Å². The SMILES string of the molecule is Cc1ccc(CC2Nc3cc(Br)ccc3N=C(Cl)C2=O)cc1C. The molecular formula is C18H16BrClN2O. The van der Waals surface area contributed by atoms with Crippen LogP contribution in [0.25, 0.3) is 0 Å². The van der Waals surface area contributed by atoms with E-state index < -0.39 is 6.04 Å². The Morgan fingerprint density at radius 2 is 1.96 bits per heavy atom. The van der Waals surface area contributed by atoms with E-state index in [1.807, 2.05) is 18.2 Å². The number of nitrogens with zero attached hydrogens (tertiary/aromatic N) is 1. The zero-order valence-corrected chi connectivity index (χ0v) is 15.2. The Morgan fingerprint density at radius 1 is 1.17 bits per heavy atom. The fraction of sp³-hybridized carbons (Fsp3) is 0.222. The number of halogens is 2. The molecule has 1 aliphatic heterocycles. The lowest BCUT2D eigenvalue weighted by Crippen LogP contribution is -2.34. The van der Waals surface area contributed by atoms with Gasteiger partial charge in [-0.25, -0.2) is 4.99 Å². The Kier molecular flexibility index (Phi) is 4.55. The second-order valence-corrected chi connectivity index (χ2v) is 7.02. The molecule has 118 valence electrons. The number of Topliss-reactive ketones (excluding diaryl/α,β-unsaturated/α-hetero) is 1. The van der Waals surface area contributed by atoms with Gasteiger partial charge in [0.25, 0.3) is 0 Å². The van der Waals surface area contributed by atoms with Crippen molar-refractivity contribution in [2.75, 3.05) is 5.32 Å². The molecule has 23 heavy (non-hydrogen) atoms. The van der Waals surface area contributed by atoms with E-state index in [1.54, 1.807) is 0 Å². The van der Waals surface area contributed by atoms with Crippen LogP contribution in [0.15, 0.2) is 45.9 Å². The van der Waals surface area contributed by atoms with E-state index in [2.05, 4.69) is 58.3 Å². The Hall–Kier alpha value is -1.65. The van der Waals surface area contributed by atoms with Gasteiger partial charge in [0.1, 0.15) is 0 Å². The molecule has 1 atom stereocenters. The van der Waals surface area contributed by atoms with Crippen LogP contribution in [0.1, 0.15) is 16.7 Å². The summed E-state index contributed by atoms with van der Waals surface area (Å²) in [5.74, 6) is -0.183. The zero-order valence-electron chi connectivity index (χ0n) is 12.9. The van der Waals surface area contributed by atoms with Gasteiger partial charge in [-0.1, -0.05) is 45.7 Å². The highest BCUT2D eigenvalue weighted by atomic mass is 79.9. The molecule has 3 rings (SSSR count). The van der Waals surface area contributed by atoms with Crippen molar-refractivity contribution >= 4 is 49.9 Å². The molecule has 3 nitrogen and oxygen atoms in total. The molecule has 0 fully saturated rings. The molecule has 1 N–H and O–H groups in total. The number of carbonyl (C=O) groups is 1. The topological polar surface area (TPSA) is 41.5 Å². The van der Waals surface area contributed by atoms with Gasteiger partial charge in [-0.3, -0.25) is 4.79 Å². The van der Waals surface area contributed by atoms with E-state index in [9.17, 15) is 4.79 Å². The van der Waals surface area contributed by atoms with Gasteiger partial charge in [0.15, 0.2) is 5.17 Å². The van der Waals surface area contributed by atoms with E-state index in [4.69, 9.17) is 11.6 Å². The van der Waals surface area contributed by atoms with Crippen molar-refractivity contribution in [2.45, 2.75) is 26.3 Å². The van der Waals surface area contributed by atoms with Gasteiger partial charge in [-0.2, -0.15) is 0 Å². The number of hydrogen-bond acceptors (Lipinski definition) is 3. The average molecular weight is 392 g/mol. The van der Waals surface area contributed by atoms with Crippen LogP contribution >= 0.6 is 27.5 Å². The van der Waals surface area contributed by atoms with Gasteiger partial charge in [0.05, 0.1) is 17.4 Å². The van der Waals surface area contributed by atoms with Crippen LogP contribution in [0, 0.1) is 13.8 Å². The van der Waals surface area contributed by atoms with Crippen LogP contribution in [0.5, 0.6) is 0 Å². The van der Waals surface area contributed by atoms with E-state index in [-0.39, 0.29) is 11.0 Å². The van der Waals surface area contributed by atoms with Gasteiger partial charge in [-0.05, 0) is 48.7 Å². The third-order valence-electron chi connectivity index (χ3n) is 4.04. The molecule has 2 aromatic rings. The summed E-state index contributed by atoms with van der Waals surface area (Å²) in [5.41, 5.74) is 5.03. The first-order valence-corrected chi connectivity index (χ1v) is 8.52. The number of rotatable bonds is 2. The third-order valence-corrected chi connectivity index (χ3v) is 4.80. The molecule has 0 saturated carbocycles. The van der Waals surface area contributed by atoms with Gasteiger partial charge < -0.3 is 5.32 Å². The lowest BCUT2D eigenvalue weighted by Gasteiger charge is -2.17. The maximum absolute atomic E-state index is 12.5. The summed E-state index contributed by atoms with van der Waals surface area (Å²) in [6.45, 7) is 4.15. The Labute approximate surface area is 148 Å². The fourth-order valence-corrected chi connectivity index (χ4v) is 3.17. The summed E-state index contributed by atoms with van der Waals surface area (Å²) in [6.07, 6.45) is 0.567. The zero-order chi connectivity index (χ0) is 16.6. The molecule has 1 aliphatic rings. The molecule has 0 aromatic heterocycles. The predicted octanol–water partition coefficient (Wildman–Crippen LogP) is 4.94. The van der Waals surface area contributed by atoms with Crippen LogP contribution in [-0.4, -0.2) is 17.0 Å². The second kappa shape index (κ2) is 6.46. The number of fused-ring (bicyclic) bond motifs is 1. The van der Waals surface area contributed by atoms with E-state index in [0.717, 1.165) is 15.7 Å². The van der Waals surface area contributed by atoms with Crippen LogP contribution < -0.4 is 5.32 Å². The number of anilines is 1. The minimum atomic E-state index is -0.427. The first-order valence-electron chi connectivity index (χ1n) is 7.34. The maximum atomic E-state index is 12.5. The number of hydrogen-bond donors (Lipinski definition) is 1. The summed E-state index contributed by atoms with van der Waals surface area (Å²) in [7, 11) is 0. The molecule has 0 radical (unpaired) electrons. The highest BCUT2D eigenvalue weighted by Gasteiger charge is 2.26. The van der Waals surface area contributed by atoms with E-state index >= 15 is 0 Å². The van der Waals surface area contributed by atoms with Crippen LogP contribution in [0.2, 0.25) is 0 Å². The van der Waals surface area contributed by atoms with E-state index in [0.29, 0.717) is 12.1 Å². The van der Waals surface area contributed by atoms with Crippen LogP contribution in [0.4, 0.5) is 11.4 Å². The number of aliphatic imine (C=N–C) groups is 1. The van der Waals surface area contributed by atoms with Crippen LogP contribution in [-0.2, 0) is 11.2 Å². The van der Waals surface area contributed by atoms with E-state index in [1.165, 1.54) is 11.1 Å². The molecule has 5 heteroatoms. The standard InChI is InChI=1S/C18H16BrClN2O/c1-10-3-4-12(7-11(10)2)8-16-17(23)18(20)22-14-6-5-13(19)9-15(14)21-16/h3-7,9,16,21H,8H2,1-2H3. The molecule has 0 amide bonds. The quantitative estimate of drug-likeness (QED) is 0.787. The van der Waals surface area contributed by atoms with Crippen molar-refractivity contribution in [3.05, 3.63) is 57.6 Å². The smallest absolute Gasteiger partial charge is 0.215 e. The molecule has 2 aromatic carbocycles. The molecular weight excluding hydrogens is 376 g/mol.